The number of hydrogen-bond donors (Lipinski definition) is 12. The quantitative estimate of drug-likeness (QED) is 0.0363. The number of benzene rings is 1. The molecular formula is C41H62N10O13S. The normalized spacial score (nSPS) is 20.5. The first-order chi connectivity index (χ1) is 31.0. The van der Waals surface area contributed by atoms with Gasteiger partial charge in [0.1, 0.15) is 54.1 Å². The van der Waals surface area contributed by atoms with Crippen LogP contribution in [0.25, 0.3) is 0 Å². The van der Waals surface area contributed by atoms with Gasteiger partial charge in [-0.25, -0.2) is 4.79 Å². The number of nitrogens with two attached hydrogens (primary N) is 2. The van der Waals surface area contributed by atoms with E-state index >= 15 is 0 Å². The van der Waals surface area contributed by atoms with Gasteiger partial charge in [0.2, 0.25) is 47.3 Å². The molecular weight excluding hydrogens is 873 g/mol. The molecule has 65 heavy (non-hydrogen) atoms. The zero-order chi connectivity index (χ0) is 47.8. The lowest BCUT2D eigenvalue weighted by Crippen LogP contribution is -2.59. The smallest absolute Gasteiger partial charge is 0.326 e. The van der Waals surface area contributed by atoms with E-state index in [4.69, 9.17) is 11.5 Å². The summed E-state index contributed by atoms with van der Waals surface area (Å²) in [6.07, 6.45) is 3.01. The fourth-order valence-corrected chi connectivity index (χ4v) is 8.33. The van der Waals surface area contributed by atoms with Crippen molar-refractivity contribution in [2.24, 2.45) is 11.5 Å². The Labute approximate surface area is 381 Å². The maximum atomic E-state index is 14.0. The molecule has 13 N–H and O–H groups in total. The second kappa shape index (κ2) is 25.2. The summed E-state index contributed by atoms with van der Waals surface area (Å²) in [6, 6.07) is -3.80. The molecule has 3 aliphatic heterocycles. The summed E-state index contributed by atoms with van der Waals surface area (Å²) >= 11 is 4.14. The number of carbonyl (C=O) groups is 9. The highest BCUT2D eigenvalue weighted by Crippen LogP contribution is 2.26. The number of nitrogens with one attached hydrogen (secondary N) is 5. The highest BCUT2D eigenvalue weighted by atomic mass is 32.1. The number of carbonyl (C=O) groups excluding carboxylic acids is 8. The van der Waals surface area contributed by atoms with E-state index < -0.39 is 121 Å². The van der Waals surface area contributed by atoms with E-state index in [9.17, 15) is 63.6 Å². The van der Waals surface area contributed by atoms with Gasteiger partial charge >= 0.3 is 5.97 Å². The van der Waals surface area contributed by atoms with Crippen LogP contribution in [0, 0.1) is 0 Å². The number of phenols is 1. The van der Waals surface area contributed by atoms with E-state index in [1.807, 2.05) is 0 Å². The Morgan fingerprint density at radius 3 is 1.89 bits per heavy atom. The molecule has 0 saturated carbocycles. The first-order valence-electron chi connectivity index (χ1n) is 21.7. The number of likely N-dealkylation sites (tertiary alicyclic amines) is 3. The number of aliphatic hydroxyl groups is 2. The molecule has 0 spiro atoms. The van der Waals surface area contributed by atoms with E-state index in [0.717, 1.165) is 4.90 Å². The maximum absolute atomic E-state index is 14.0. The molecule has 3 saturated heterocycles. The third-order valence-electron chi connectivity index (χ3n) is 11.7. The molecule has 3 aliphatic rings. The maximum Gasteiger partial charge on any atom is 0.326 e. The minimum absolute atomic E-state index is 0.0375. The Morgan fingerprint density at radius 2 is 1.28 bits per heavy atom. The number of nitrogens with zero attached hydrogens (tertiary/aromatic N) is 3. The van der Waals surface area contributed by atoms with Crippen LogP contribution in [0.5, 0.6) is 5.75 Å². The zero-order valence-corrected chi connectivity index (χ0v) is 37.0. The molecule has 8 atom stereocenters. The van der Waals surface area contributed by atoms with Crippen LogP contribution in [0.2, 0.25) is 0 Å². The second-order valence-electron chi connectivity index (χ2n) is 16.2. The molecule has 0 unspecified atom stereocenters. The van der Waals surface area contributed by atoms with Gasteiger partial charge in [0.15, 0.2) is 0 Å². The van der Waals surface area contributed by atoms with Crippen molar-refractivity contribution in [3.63, 3.8) is 0 Å². The van der Waals surface area contributed by atoms with Crippen molar-refractivity contribution in [1.82, 2.24) is 41.3 Å². The van der Waals surface area contributed by atoms with Crippen LogP contribution in [-0.4, -0.2) is 188 Å². The third-order valence-corrected chi connectivity index (χ3v) is 12.0. The summed E-state index contributed by atoms with van der Waals surface area (Å²) in [4.78, 5) is 123. The summed E-state index contributed by atoms with van der Waals surface area (Å²) in [6.45, 7) is -1.31. The lowest BCUT2D eigenvalue weighted by molar-refractivity contribution is -0.149. The molecule has 1 aromatic rings. The number of phenolic OH excluding ortho intramolecular Hbond substituents is 1. The molecule has 1 aromatic carbocycles. The predicted molar refractivity (Wildman–Crippen MR) is 233 cm³/mol. The summed E-state index contributed by atoms with van der Waals surface area (Å²) in [5, 5.41) is 51.3. The summed E-state index contributed by atoms with van der Waals surface area (Å²) in [5.74, 6) is -7.23. The standard InChI is InChI=1S/C41H62N10O13S/c42-14-2-1-6-26(45-34(56)25(43)20-52)36(58)46-27(18-23-10-12-24(54)13-11-23)35(57)44-19-33(55)49-15-4-8-31(49)40(62)50-16-3-7-30(50)38(60)47-28(21-53)37(59)48-29(22-65)39(61)51-17-5-9-32(51)41(63)64/h10-13,25-32,52-54,65H,1-9,14-22,42-43H2,(H,44,57)(H,45,56)(H,46,58)(H,47,60)(H,48,59)(H,63,64)/t25-,26-,27-,28-,29-,30-,31-,32-/m0/s1. The number of rotatable bonds is 23. The topological polar surface area (TPSA) is 356 Å². The van der Waals surface area contributed by atoms with E-state index in [1.54, 1.807) is 0 Å². The van der Waals surface area contributed by atoms with Crippen molar-refractivity contribution in [3.8, 4) is 5.75 Å². The van der Waals surface area contributed by atoms with Gasteiger partial charge in [-0.2, -0.15) is 12.6 Å². The predicted octanol–water partition coefficient (Wildman–Crippen LogP) is -4.58. The lowest BCUT2D eigenvalue weighted by Gasteiger charge is -2.32. The molecule has 24 heteroatoms. The van der Waals surface area contributed by atoms with Crippen molar-refractivity contribution in [2.75, 3.05) is 51.7 Å². The molecule has 4 rings (SSSR count). The molecule has 3 heterocycles. The van der Waals surface area contributed by atoms with Crippen LogP contribution in [0.15, 0.2) is 24.3 Å². The number of aliphatic carboxylic acids is 1. The monoisotopic (exact) mass is 934 g/mol. The average molecular weight is 935 g/mol. The molecule has 0 aliphatic carbocycles. The lowest BCUT2D eigenvalue weighted by atomic mass is 10.0. The molecule has 23 nitrogen and oxygen atoms in total. The van der Waals surface area contributed by atoms with Gasteiger partial charge in [0, 0.05) is 31.8 Å². The number of aromatic hydroxyl groups is 1. The van der Waals surface area contributed by atoms with Crippen LogP contribution in [0.1, 0.15) is 63.4 Å². The van der Waals surface area contributed by atoms with Crippen molar-refractivity contribution in [1.29, 1.82) is 0 Å². The Balaban J connectivity index is 1.39. The minimum atomic E-state index is -1.54. The third kappa shape index (κ3) is 14.2. The summed E-state index contributed by atoms with van der Waals surface area (Å²) in [5.41, 5.74) is 11.8. The number of amides is 8. The number of carboxylic acids is 1. The number of thiol groups is 1. The number of unbranched alkanes of at least 4 members (excludes halogenated alkanes) is 1. The average Bonchev–Trinajstić information content (AvgIpc) is 4.11. The fraction of sp³-hybridized carbons (Fsp3) is 0.634. The van der Waals surface area contributed by atoms with Gasteiger partial charge in [0.05, 0.1) is 19.8 Å². The highest BCUT2D eigenvalue weighted by Gasteiger charge is 2.43. The van der Waals surface area contributed by atoms with Crippen molar-refractivity contribution < 1.29 is 63.6 Å². The van der Waals surface area contributed by atoms with Crippen LogP contribution < -0.4 is 38.1 Å². The zero-order valence-electron chi connectivity index (χ0n) is 36.1. The van der Waals surface area contributed by atoms with Crippen molar-refractivity contribution in [3.05, 3.63) is 29.8 Å². The SMILES string of the molecule is NCCCC[C@H](NC(=O)[C@@H](N)CO)C(=O)N[C@@H](Cc1ccc(O)cc1)C(=O)NCC(=O)N1CCC[C@H]1C(=O)N1CCC[C@H]1C(=O)N[C@@H](CO)C(=O)N[C@@H](CS)C(=O)N1CCC[C@H]1C(=O)O. The van der Waals surface area contributed by atoms with Gasteiger partial charge in [-0.05, 0) is 82.0 Å². The first-order valence-corrected chi connectivity index (χ1v) is 22.4. The molecule has 0 radical (unpaired) electrons. The Morgan fingerprint density at radius 1 is 0.692 bits per heavy atom. The van der Waals surface area contributed by atoms with E-state index in [-0.39, 0.29) is 63.2 Å². The fourth-order valence-electron chi connectivity index (χ4n) is 8.08. The largest absolute Gasteiger partial charge is 0.508 e. The molecule has 3 fully saturated rings. The van der Waals surface area contributed by atoms with Crippen LogP contribution in [0.3, 0.4) is 0 Å². The summed E-state index contributed by atoms with van der Waals surface area (Å²) < 4.78 is 0. The molecule has 360 valence electrons. The van der Waals surface area contributed by atoms with Crippen molar-refractivity contribution in [2.45, 2.75) is 113 Å². The number of carboxylic acid groups (broad SMARTS) is 1. The Hall–Kier alpha value is -5.56. The van der Waals surface area contributed by atoms with E-state index in [1.165, 1.54) is 34.1 Å². The van der Waals surface area contributed by atoms with E-state index in [0.29, 0.717) is 44.2 Å². The van der Waals surface area contributed by atoms with Gasteiger partial charge in [-0.3, -0.25) is 38.4 Å². The number of hydrogen-bond acceptors (Lipinski definition) is 15. The molecule has 8 amide bonds. The van der Waals surface area contributed by atoms with Gasteiger partial charge in [-0.15, -0.1) is 0 Å². The first kappa shape index (κ1) is 52.1. The molecule has 0 aromatic heterocycles. The second-order valence-corrected chi connectivity index (χ2v) is 16.6. The summed E-state index contributed by atoms with van der Waals surface area (Å²) in [7, 11) is 0. The van der Waals surface area contributed by atoms with Gasteiger partial charge < -0.3 is 73.2 Å². The van der Waals surface area contributed by atoms with Crippen LogP contribution in [0.4, 0.5) is 0 Å². The van der Waals surface area contributed by atoms with Gasteiger partial charge in [-0.1, -0.05) is 12.1 Å². The van der Waals surface area contributed by atoms with E-state index in [2.05, 4.69) is 39.2 Å². The highest BCUT2D eigenvalue weighted by molar-refractivity contribution is 7.80. The Kier molecular flexibility index (Phi) is 20.2. The van der Waals surface area contributed by atoms with Crippen LogP contribution >= 0.6 is 12.6 Å². The minimum Gasteiger partial charge on any atom is -0.508 e. The van der Waals surface area contributed by atoms with Crippen LogP contribution in [-0.2, 0) is 49.6 Å². The number of aliphatic hydroxyl groups excluding tert-OH is 2. The van der Waals surface area contributed by atoms with Crippen molar-refractivity contribution >= 4 is 65.9 Å². The molecule has 0 bridgehead atoms. The Bertz CT molecular complexity index is 1880. The van der Waals surface area contributed by atoms with Gasteiger partial charge in [0.25, 0.3) is 0 Å².